The fraction of sp³-hybridized carbons (Fsp3) is 0.0492. The zero-order valence-electron chi connectivity index (χ0n) is 36.3. The predicted molar refractivity (Wildman–Crippen MR) is 275 cm³/mol. The second-order valence-electron chi connectivity index (χ2n) is 18.1. The molecule has 5 heteroatoms. The smallest absolute Gasteiger partial charge is 0.260 e. The van der Waals surface area contributed by atoms with Gasteiger partial charge in [-0.15, -0.1) is 0 Å². The molecule has 0 radical (unpaired) electrons. The van der Waals surface area contributed by atoms with Crippen LogP contribution in [0.2, 0.25) is 0 Å². The summed E-state index contributed by atoms with van der Waals surface area (Å²) < 4.78 is 19.2. The van der Waals surface area contributed by atoms with Crippen molar-refractivity contribution in [3.63, 3.8) is 0 Å². The van der Waals surface area contributed by atoms with Gasteiger partial charge in [-0.05, 0) is 117 Å². The maximum absolute atomic E-state index is 7.22. The average Bonchev–Trinajstić information content (AvgIpc) is 3.86. The number of ether oxygens (including phenoxy) is 2. The monoisotopic (exact) mass is 844 g/mol. The molecule has 0 bridgehead atoms. The van der Waals surface area contributed by atoms with Gasteiger partial charge in [0.05, 0.1) is 22.1 Å². The van der Waals surface area contributed by atoms with Crippen LogP contribution in [0.25, 0.3) is 82.8 Å². The Morgan fingerprint density at radius 2 is 0.879 bits per heavy atom. The van der Waals surface area contributed by atoms with Gasteiger partial charge in [0.15, 0.2) is 0 Å². The van der Waals surface area contributed by atoms with Gasteiger partial charge in [-0.2, -0.15) is 0 Å². The lowest BCUT2D eigenvalue weighted by molar-refractivity contribution is 0.465. The van der Waals surface area contributed by atoms with Crippen LogP contribution in [0, 0.1) is 5.92 Å². The molecule has 0 N–H and O–H groups in total. The van der Waals surface area contributed by atoms with Crippen LogP contribution in [0.3, 0.4) is 0 Å². The van der Waals surface area contributed by atoms with E-state index in [9.17, 15) is 0 Å². The zero-order chi connectivity index (χ0) is 43.5. The van der Waals surface area contributed by atoms with E-state index in [4.69, 9.17) is 9.47 Å². The van der Waals surface area contributed by atoms with Crippen LogP contribution in [0.1, 0.15) is 18.9 Å². The molecule has 0 saturated carbocycles. The largest absolute Gasteiger partial charge is 0.458 e. The summed E-state index contributed by atoms with van der Waals surface area (Å²) >= 11 is 0. The number of hydrogen-bond donors (Lipinski definition) is 0. The molecular weight excluding hydrogens is 803 g/mol. The van der Waals surface area contributed by atoms with Gasteiger partial charge in [0.2, 0.25) is 0 Å². The molecule has 1 unspecified atom stereocenters. The number of nitrogens with zero attached hydrogens (tertiary/aromatic N) is 2. The molecule has 0 amide bonds. The summed E-state index contributed by atoms with van der Waals surface area (Å²) in [6, 6.07) is 70.5. The molecule has 1 atom stereocenters. The minimum absolute atomic E-state index is 0.153. The molecule has 66 heavy (non-hydrogen) atoms. The Balaban J connectivity index is 1.06. The zero-order valence-corrected chi connectivity index (χ0v) is 36.3. The summed E-state index contributed by atoms with van der Waals surface area (Å²) in [7, 11) is 0. The van der Waals surface area contributed by atoms with E-state index in [-0.39, 0.29) is 6.71 Å². The van der Waals surface area contributed by atoms with Crippen LogP contribution >= 0.6 is 0 Å². The molecular formula is C61H41BN2O2. The summed E-state index contributed by atoms with van der Waals surface area (Å²) in [5.41, 5.74) is 17.1. The van der Waals surface area contributed by atoms with Crippen LogP contribution in [-0.2, 0) is 0 Å². The number of allylic oxidation sites excluding steroid dienone is 4. The van der Waals surface area contributed by atoms with Gasteiger partial charge >= 0.3 is 0 Å². The summed E-state index contributed by atoms with van der Waals surface area (Å²) in [6.07, 6.45) is 7.94. The van der Waals surface area contributed by atoms with Gasteiger partial charge in [0.25, 0.3) is 6.71 Å². The van der Waals surface area contributed by atoms with Gasteiger partial charge in [-0.1, -0.05) is 146 Å². The minimum Gasteiger partial charge on any atom is -0.458 e. The van der Waals surface area contributed by atoms with Gasteiger partial charge in [0, 0.05) is 50.5 Å². The van der Waals surface area contributed by atoms with E-state index >= 15 is 0 Å². The van der Waals surface area contributed by atoms with Crippen molar-refractivity contribution in [3.8, 4) is 56.6 Å². The molecule has 11 aromatic rings. The summed E-state index contributed by atoms with van der Waals surface area (Å²) in [6.45, 7) is 2.13. The first-order valence-corrected chi connectivity index (χ1v) is 23.0. The van der Waals surface area contributed by atoms with E-state index in [0.717, 1.165) is 84.8 Å². The van der Waals surface area contributed by atoms with Crippen molar-refractivity contribution < 1.29 is 9.47 Å². The fourth-order valence-corrected chi connectivity index (χ4v) is 11.1. The Morgan fingerprint density at radius 1 is 0.424 bits per heavy atom. The number of benzene rings is 9. The van der Waals surface area contributed by atoms with Crippen molar-refractivity contribution >= 4 is 72.3 Å². The Labute approximate surface area is 383 Å². The minimum atomic E-state index is -0.153. The van der Waals surface area contributed by atoms with Crippen LogP contribution < -0.4 is 25.9 Å². The number of fused-ring (bicyclic) bond motifs is 10. The van der Waals surface area contributed by atoms with Gasteiger partial charge in [-0.3, -0.25) is 0 Å². The van der Waals surface area contributed by atoms with E-state index in [0.29, 0.717) is 5.92 Å². The maximum atomic E-state index is 7.22. The molecule has 4 nitrogen and oxygen atoms in total. The van der Waals surface area contributed by atoms with Gasteiger partial charge < -0.3 is 18.6 Å². The third kappa shape index (κ3) is 5.66. The van der Waals surface area contributed by atoms with E-state index < -0.39 is 0 Å². The van der Waals surface area contributed by atoms with Crippen molar-refractivity contribution in [1.82, 2.24) is 9.13 Å². The van der Waals surface area contributed by atoms with E-state index in [1.54, 1.807) is 0 Å². The summed E-state index contributed by atoms with van der Waals surface area (Å²) in [4.78, 5) is 0. The second kappa shape index (κ2) is 14.4. The molecule has 4 heterocycles. The lowest BCUT2D eigenvalue weighted by Crippen LogP contribution is -2.57. The lowest BCUT2D eigenvalue weighted by atomic mass is 9.34. The molecule has 1 aliphatic carbocycles. The lowest BCUT2D eigenvalue weighted by Gasteiger charge is -2.34. The molecule has 2 aliphatic heterocycles. The number of aromatic nitrogens is 2. The van der Waals surface area contributed by atoms with Crippen molar-refractivity contribution in [2.45, 2.75) is 13.3 Å². The van der Waals surface area contributed by atoms with E-state index in [1.807, 2.05) is 0 Å². The number of para-hydroxylation sites is 2. The van der Waals surface area contributed by atoms with Crippen molar-refractivity contribution in [2.75, 3.05) is 0 Å². The van der Waals surface area contributed by atoms with E-state index in [1.165, 1.54) is 49.4 Å². The molecule has 310 valence electrons. The number of hydrogen-bond acceptors (Lipinski definition) is 2. The molecule has 2 aromatic heterocycles. The molecule has 0 fully saturated rings. The second-order valence-corrected chi connectivity index (χ2v) is 18.1. The highest BCUT2D eigenvalue weighted by Crippen LogP contribution is 2.44. The maximum Gasteiger partial charge on any atom is 0.260 e. The molecule has 14 rings (SSSR count). The number of rotatable bonds is 5. The molecule has 9 aromatic carbocycles. The van der Waals surface area contributed by atoms with Crippen LogP contribution in [0.4, 0.5) is 0 Å². The van der Waals surface area contributed by atoms with Crippen LogP contribution in [0.5, 0.6) is 23.0 Å². The third-order valence-electron chi connectivity index (χ3n) is 14.1. The van der Waals surface area contributed by atoms with Crippen molar-refractivity contribution in [2.24, 2.45) is 5.92 Å². The van der Waals surface area contributed by atoms with Crippen molar-refractivity contribution in [3.05, 3.63) is 218 Å². The molecule has 3 aliphatic rings. The first kappa shape index (κ1) is 37.1. The summed E-state index contributed by atoms with van der Waals surface area (Å²) in [5.74, 6) is 3.84. The normalized spacial score (nSPS) is 14.8. The predicted octanol–water partition coefficient (Wildman–Crippen LogP) is 13.9. The fourth-order valence-electron chi connectivity index (χ4n) is 11.1. The van der Waals surface area contributed by atoms with Crippen LogP contribution in [-0.4, -0.2) is 15.8 Å². The highest BCUT2D eigenvalue weighted by atomic mass is 16.5. The molecule has 0 saturated heterocycles. The highest BCUT2D eigenvalue weighted by Gasteiger charge is 2.42. The third-order valence-corrected chi connectivity index (χ3v) is 14.1. The quantitative estimate of drug-likeness (QED) is 0.161. The Hall–Kier alpha value is -8.28. The van der Waals surface area contributed by atoms with E-state index in [2.05, 4.69) is 228 Å². The standard InChI is InChI=1S/C61H41BN2O2/c1-38-15-14-20-41(29-38)44-32-59-61-60(33-44)66-58-37-56-50(48-31-43(40-18-8-3-9-19-40)26-28-54(48)64(56)46-23-12-5-13-24-46)35-52(58)62(61)51-34-49-47-30-42(39-16-6-2-7-17-39)25-27-53(47)63(45-21-10-4-11-22-45)55(49)36-57(51)65-59/h2-14,16-38H,15H2,1H3. The SMILES string of the molecule is CC1C=C(c2cc3c4c(c2)Oc2cc5c(cc2B4c2cc4c6cc(-c7ccccc7)ccc6n(-c6ccccc6)c4cc2O3)c2cc(-c3ccccc3)ccc2n5-c2ccccc2)C=CC1. The van der Waals surface area contributed by atoms with Gasteiger partial charge in [-0.25, -0.2) is 0 Å². The first-order valence-electron chi connectivity index (χ1n) is 23.0. The highest BCUT2D eigenvalue weighted by molar-refractivity contribution is 6.98. The Bertz CT molecular complexity index is 3620. The summed E-state index contributed by atoms with van der Waals surface area (Å²) in [5, 5.41) is 4.77. The molecule has 0 spiro atoms. The first-order chi connectivity index (χ1) is 32.6. The van der Waals surface area contributed by atoms with Crippen LogP contribution in [0.15, 0.2) is 212 Å². The Morgan fingerprint density at radius 3 is 1.35 bits per heavy atom. The Kier molecular flexibility index (Phi) is 8.08. The topological polar surface area (TPSA) is 28.3 Å². The van der Waals surface area contributed by atoms with Gasteiger partial charge in [0.1, 0.15) is 23.0 Å². The van der Waals surface area contributed by atoms with Crippen molar-refractivity contribution in [1.29, 1.82) is 0 Å². The average molecular weight is 845 g/mol.